The Hall–Kier alpha value is -3.75. The van der Waals surface area contributed by atoms with E-state index in [-0.39, 0.29) is 5.43 Å². The Morgan fingerprint density at radius 1 is 1.19 bits per heavy atom. The third-order valence-electron chi connectivity index (χ3n) is 4.02. The molecule has 0 amide bonds. The van der Waals surface area contributed by atoms with Crippen LogP contribution in [0.4, 0.5) is 4.79 Å². The zero-order chi connectivity index (χ0) is 18.3. The van der Waals surface area contributed by atoms with Crippen LogP contribution in [-0.4, -0.2) is 40.5 Å². The highest BCUT2D eigenvalue weighted by Crippen LogP contribution is 2.17. The van der Waals surface area contributed by atoms with E-state index in [1.807, 2.05) is 6.07 Å². The van der Waals surface area contributed by atoms with Crippen molar-refractivity contribution in [2.75, 3.05) is 0 Å². The van der Waals surface area contributed by atoms with Crippen LogP contribution in [0.25, 0.3) is 16.6 Å². The van der Waals surface area contributed by atoms with Gasteiger partial charge in [0.05, 0.1) is 24.1 Å². The van der Waals surface area contributed by atoms with E-state index >= 15 is 0 Å². The van der Waals surface area contributed by atoms with Crippen LogP contribution >= 0.6 is 0 Å². The zero-order valence-corrected chi connectivity index (χ0v) is 13.8. The number of carbonyl (C=O) groups is 1. The van der Waals surface area contributed by atoms with Crippen LogP contribution in [0.3, 0.4) is 0 Å². The minimum Gasteiger partial charge on any atom is -0.463 e. The number of hydrogen-bond acceptors (Lipinski definition) is 5. The molecule has 0 bridgehead atoms. The van der Waals surface area contributed by atoms with Crippen LogP contribution in [0.15, 0.2) is 53.8 Å². The molecular weight excluding hydrogens is 336 g/mol. The highest BCUT2D eigenvalue weighted by molar-refractivity contribution is 5.87. The van der Waals surface area contributed by atoms with Gasteiger partial charge < -0.3 is 5.11 Å². The lowest BCUT2D eigenvalue weighted by Gasteiger charge is -2.05. The Balaban J connectivity index is 1.69. The number of aromatic nitrogens is 6. The van der Waals surface area contributed by atoms with Crippen molar-refractivity contribution in [2.45, 2.75) is 6.42 Å². The Kier molecular flexibility index (Phi) is 3.61. The van der Waals surface area contributed by atoms with Gasteiger partial charge in [0, 0.05) is 31.1 Å². The second-order valence-corrected chi connectivity index (χ2v) is 5.85. The number of hydrogen-bond donors (Lipinski definition) is 1. The normalized spacial score (nSPS) is 11.1. The highest BCUT2D eigenvalue weighted by Gasteiger charge is 2.11. The fourth-order valence-electron chi connectivity index (χ4n) is 2.78. The summed E-state index contributed by atoms with van der Waals surface area (Å²) in [6.07, 6.45) is 5.73. The van der Waals surface area contributed by atoms with Gasteiger partial charge in [-0.15, -0.1) is 0 Å². The molecule has 0 unspecified atom stereocenters. The molecule has 9 heteroatoms. The molecule has 4 rings (SSSR count). The van der Waals surface area contributed by atoms with Gasteiger partial charge in [0.25, 0.3) is 0 Å². The summed E-state index contributed by atoms with van der Waals surface area (Å²) in [4.78, 5) is 23.3. The number of fused-ring (bicyclic) bond motifs is 1. The largest absolute Gasteiger partial charge is 0.463 e. The molecular formula is C17H14N6O3. The molecule has 1 aromatic carbocycles. The average molecular weight is 350 g/mol. The van der Waals surface area contributed by atoms with Crippen LogP contribution in [0, 0.1) is 0 Å². The van der Waals surface area contributed by atoms with Gasteiger partial charge in [0.15, 0.2) is 0 Å². The Labute approximate surface area is 146 Å². The summed E-state index contributed by atoms with van der Waals surface area (Å²) in [6.45, 7) is 0. The summed E-state index contributed by atoms with van der Waals surface area (Å²) in [5.41, 5.74) is 2.32. The standard InChI is InChI=1S/C17H14N6O3/c1-21-10-13(9-18-21)22-5-4-16(24)14(20-22)7-11-2-3-15-12(6-11)8-19-23(15)17(25)26/h2-6,8-10H,7H2,1H3,(H,25,26). The maximum absolute atomic E-state index is 12.2. The van der Waals surface area contributed by atoms with Crippen LogP contribution in [0.2, 0.25) is 0 Å². The molecule has 3 heterocycles. The molecule has 3 aromatic heterocycles. The van der Waals surface area contributed by atoms with E-state index < -0.39 is 6.09 Å². The summed E-state index contributed by atoms with van der Waals surface area (Å²) in [6, 6.07) is 6.72. The number of nitrogens with zero attached hydrogens (tertiary/aromatic N) is 6. The summed E-state index contributed by atoms with van der Waals surface area (Å²) in [7, 11) is 1.81. The Bertz CT molecular complexity index is 1190. The molecule has 0 spiro atoms. The molecule has 0 aliphatic carbocycles. The molecule has 0 fully saturated rings. The van der Waals surface area contributed by atoms with Crippen LogP contribution in [0.5, 0.6) is 0 Å². The molecule has 4 aromatic rings. The minimum absolute atomic E-state index is 0.161. The predicted octanol–water partition coefficient (Wildman–Crippen LogP) is 1.43. The maximum Gasteiger partial charge on any atom is 0.432 e. The average Bonchev–Trinajstić information content (AvgIpc) is 3.22. The Morgan fingerprint density at radius 3 is 2.77 bits per heavy atom. The van der Waals surface area contributed by atoms with Crippen molar-refractivity contribution in [3.05, 3.63) is 70.5 Å². The van der Waals surface area contributed by atoms with Crippen molar-refractivity contribution in [3.63, 3.8) is 0 Å². The van der Waals surface area contributed by atoms with Crippen molar-refractivity contribution in [1.29, 1.82) is 0 Å². The van der Waals surface area contributed by atoms with Gasteiger partial charge in [-0.2, -0.15) is 20.0 Å². The number of rotatable bonds is 3. The smallest absolute Gasteiger partial charge is 0.432 e. The molecule has 0 atom stereocenters. The molecule has 9 nitrogen and oxygen atoms in total. The van der Waals surface area contributed by atoms with E-state index in [0.717, 1.165) is 15.9 Å². The first kappa shape index (κ1) is 15.8. The molecule has 0 radical (unpaired) electrons. The number of benzene rings is 1. The monoisotopic (exact) mass is 350 g/mol. The first-order valence-electron chi connectivity index (χ1n) is 7.79. The number of carboxylic acid groups (broad SMARTS) is 1. The van der Waals surface area contributed by atoms with Gasteiger partial charge in [0.1, 0.15) is 11.4 Å². The second-order valence-electron chi connectivity index (χ2n) is 5.85. The molecule has 0 saturated carbocycles. The molecule has 26 heavy (non-hydrogen) atoms. The van der Waals surface area contributed by atoms with Crippen molar-refractivity contribution >= 4 is 17.0 Å². The van der Waals surface area contributed by atoms with Gasteiger partial charge >= 0.3 is 6.09 Å². The quantitative estimate of drug-likeness (QED) is 0.599. The van der Waals surface area contributed by atoms with E-state index in [1.165, 1.54) is 12.3 Å². The van der Waals surface area contributed by atoms with Crippen molar-refractivity contribution in [3.8, 4) is 5.69 Å². The van der Waals surface area contributed by atoms with Gasteiger partial charge in [-0.05, 0) is 17.7 Å². The summed E-state index contributed by atoms with van der Waals surface area (Å²) in [5, 5.41) is 22.1. The molecule has 0 aliphatic rings. The van der Waals surface area contributed by atoms with Crippen LogP contribution in [0.1, 0.15) is 11.3 Å². The lowest BCUT2D eigenvalue weighted by atomic mass is 10.1. The predicted molar refractivity (Wildman–Crippen MR) is 92.6 cm³/mol. The van der Waals surface area contributed by atoms with Crippen LogP contribution in [-0.2, 0) is 13.5 Å². The molecule has 0 aliphatic heterocycles. The SMILES string of the molecule is Cn1cc(-n2ccc(=O)c(Cc3ccc4c(cnn4C(=O)O)c3)n2)cn1. The fraction of sp³-hybridized carbons (Fsp3) is 0.118. The lowest BCUT2D eigenvalue weighted by Crippen LogP contribution is -2.16. The zero-order valence-electron chi connectivity index (χ0n) is 13.8. The first-order valence-corrected chi connectivity index (χ1v) is 7.79. The third kappa shape index (κ3) is 2.75. The fourth-order valence-corrected chi connectivity index (χ4v) is 2.78. The van der Waals surface area contributed by atoms with Crippen molar-refractivity contribution in [2.24, 2.45) is 7.05 Å². The van der Waals surface area contributed by atoms with E-state index in [9.17, 15) is 9.59 Å². The second kappa shape index (κ2) is 5.96. The van der Waals surface area contributed by atoms with E-state index in [2.05, 4.69) is 15.3 Å². The van der Waals surface area contributed by atoms with Crippen LogP contribution < -0.4 is 5.43 Å². The summed E-state index contributed by atoms with van der Waals surface area (Å²) < 4.78 is 4.17. The number of aryl methyl sites for hydroxylation is 1. The molecule has 130 valence electrons. The maximum atomic E-state index is 12.2. The molecule has 0 saturated heterocycles. The minimum atomic E-state index is -1.14. The lowest BCUT2D eigenvalue weighted by molar-refractivity contribution is 0.194. The summed E-state index contributed by atoms with van der Waals surface area (Å²) >= 11 is 0. The van der Waals surface area contributed by atoms with E-state index in [4.69, 9.17) is 5.11 Å². The van der Waals surface area contributed by atoms with E-state index in [1.54, 1.807) is 47.1 Å². The van der Waals surface area contributed by atoms with Crippen molar-refractivity contribution < 1.29 is 9.90 Å². The first-order chi connectivity index (χ1) is 12.5. The van der Waals surface area contributed by atoms with Gasteiger partial charge in [-0.1, -0.05) is 6.07 Å². The van der Waals surface area contributed by atoms with E-state index in [0.29, 0.717) is 23.0 Å². The summed E-state index contributed by atoms with van der Waals surface area (Å²) in [5.74, 6) is 0. The molecule has 1 N–H and O–H groups in total. The van der Waals surface area contributed by atoms with Gasteiger partial charge in [-0.25, -0.2) is 9.48 Å². The van der Waals surface area contributed by atoms with Gasteiger partial charge in [0.2, 0.25) is 5.43 Å². The third-order valence-corrected chi connectivity index (χ3v) is 4.02. The topological polar surface area (TPSA) is 108 Å². The Morgan fingerprint density at radius 2 is 2.04 bits per heavy atom. The van der Waals surface area contributed by atoms with Crippen molar-refractivity contribution in [1.82, 2.24) is 29.3 Å². The van der Waals surface area contributed by atoms with Gasteiger partial charge in [-0.3, -0.25) is 9.48 Å². The highest BCUT2D eigenvalue weighted by atomic mass is 16.4.